The maximum atomic E-state index is 14.3. The van der Waals surface area contributed by atoms with Crippen molar-refractivity contribution in [1.82, 2.24) is 9.55 Å². The SMILES string of the molecule is CCOc1cc(Cn2c(=O)[nH]c3cc(Br)cc(F)c32)ccc1OC. The lowest BCUT2D eigenvalue weighted by Crippen LogP contribution is -2.17. The number of ether oxygens (including phenoxy) is 2. The molecule has 0 amide bonds. The number of aromatic nitrogens is 2. The molecular formula is C17H16BrFN2O3. The first-order valence-electron chi connectivity index (χ1n) is 7.40. The zero-order chi connectivity index (χ0) is 17.3. The molecule has 1 N–H and O–H groups in total. The summed E-state index contributed by atoms with van der Waals surface area (Å²) in [7, 11) is 1.56. The molecule has 0 saturated carbocycles. The lowest BCUT2D eigenvalue weighted by atomic mass is 10.2. The third-order valence-electron chi connectivity index (χ3n) is 3.65. The molecular weight excluding hydrogens is 379 g/mol. The monoisotopic (exact) mass is 394 g/mol. The zero-order valence-electron chi connectivity index (χ0n) is 13.2. The summed E-state index contributed by atoms with van der Waals surface area (Å²) in [6, 6.07) is 8.41. The van der Waals surface area contributed by atoms with E-state index in [4.69, 9.17) is 9.47 Å². The molecule has 0 spiro atoms. The van der Waals surface area contributed by atoms with Crippen molar-refractivity contribution < 1.29 is 13.9 Å². The molecule has 5 nitrogen and oxygen atoms in total. The molecule has 24 heavy (non-hydrogen) atoms. The molecule has 0 fully saturated rings. The van der Waals surface area contributed by atoms with Crippen LogP contribution in [0.5, 0.6) is 11.5 Å². The molecule has 0 unspecified atom stereocenters. The number of halogens is 2. The van der Waals surface area contributed by atoms with Crippen molar-refractivity contribution in [3.05, 3.63) is 56.7 Å². The first kappa shape index (κ1) is 16.6. The van der Waals surface area contributed by atoms with E-state index < -0.39 is 5.82 Å². The Hall–Kier alpha value is -2.28. The Labute approximate surface area is 146 Å². The summed E-state index contributed by atoms with van der Waals surface area (Å²) >= 11 is 3.22. The van der Waals surface area contributed by atoms with Crippen LogP contribution in [0.3, 0.4) is 0 Å². The Kier molecular flexibility index (Phi) is 4.62. The van der Waals surface area contributed by atoms with Crippen molar-refractivity contribution in [2.75, 3.05) is 13.7 Å². The highest BCUT2D eigenvalue weighted by atomic mass is 79.9. The minimum Gasteiger partial charge on any atom is -0.493 e. The first-order chi connectivity index (χ1) is 11.5. The van der Waals surface area contributed by atoms with Gasteiger partial charge in [-0.3, -0.25) is 4.57 Å². The summed E-state index contributed by atoms with van der Waals surface area (Å²) in [6.45, 7) is 2.60. The van der Waals surface area contributed by atoms with E-state index in [1.54, 1.807) is 25.3 Å². The molecule has 0 aliphatic heterocycles. The van der Waals surface area contributed by atoms with Gasteiger partial charge in [-0.05, 0) is 36.8 Å². The van der Waals surface area contributed by atoms with E-state index in [1.165, 1.54) is 10.6 Å². The number of nitrogens with zero attached hydrogens (tertiary/aromatic N) is 1. The van der Waals surface area contributed by atoms with Crippen LogP contribution in [0.1, 0.15) is 12.5 Å². The third kappa shape index (κ3) is 3.03. The Morgan fingerprint density at radius 1 is 1.25 bits per heavy atom. The van der Waals surface area contributed by atoms with Crippen molar-refractivity contribution in [1.29, 1.82) is 0 Å². The number of hydrogen-bond donors (Lipinski definition) is 1. The Bertz CT molecular complexity index is 949. The van der Waals surface area contributed by atoms with E-state index in [1.807, 2.05) is 13.0 Å². The number of aromatic amines is 1. The average molecular weight is 395 g/mol. The second-order valence-corrected chi connectivity index (χ2v) is 6.13. The molecule has 7 heteroatoms. The van der Waals surface area contributed by atoms with Gasteiger partial charge in [-0.15, -0.1) is 0 Å². The average Bonchev–Trinajstić information content (AvgIpc) is 2.83. The van der Waals surface area contributed by atoms with Gasteiger partial charge in [0.1, 0.15) is 11.3 Å². The smallest absolute Gasteiger partial charge is 0.326 e. The van der Waals surface area contributed by atoms with Crippen LogP contribution in [-0.2, 0) is 6.54 Å². The Morgan fingerprint density at radius 3 is 2.75 bits per heavy atom. The molecule has 0 bridgehead atoms. The van der Waals surface area contributed by atoms with Gasteiger partial charge in [0, 0.05) is 4.47 Å². The van der Waals surface area contributed by atoms with Crippen LogP contribution < -0.4 is 15.2 Å². The number of H-pyrrole nitrogens is 1. The van der Waals surface area contributed by atoms with Gasteiger partial charge in [-0.25, -0.2) is 9.18 Å². The van der Waals surface area contributed by atoms with E-state index in [0.717, 1.165) is 5.56 Å². The molecule has 126 valence electrons. The highest BCUT2D eigenvalue weighted by Crippen LogP contribution is 2.29. The molecule has 0 aliphatic carbocycles. The quantitative estimate of drug-likeness (QED) is 0.717. The fourth-order valence-electron chi connectivity index (χ4n) is 2.64. The molecule has 0 atom stereocenters. The number of fused-ring (bicyclic) bond motifs is 1. The highest BCUT2D eigenvalue weighted by molar-refractivity contribution is 9.10. The minimum absolute atomic E-state index is 0.224. The number of nitrogens with one attached hydrogen (secondary N) is 1. The summed E-state index contributed by atoms with van der Waals surface area (Å²) in [4.78, 5) is 14.9. The van der Waals surface area contributed by atoms with Crippen molar-refractivity contribution in [3.63, 3.8) is 0 Å². The van der Waals surface area contributed by atoms with E-state index >= 15 is 0 Å². The summed E-state index contributed by atoms with van der Waals surface area (Å²) in [5.74, 6) is 0.742. The van der Waals surface area contributed by atoms with Crippen LogP contribution in [0.4, 0.5) is 4.39 Å². The lowest BCUT2D eigenvalue weighted by molar-refractivity contribution is 0.310. The van der Waals surface area contributed by atoms with Crippen LogP contribution in [0.2, 0.25) is 0 Å². The van der Waals surface area contributed by atoms with Gasteiger partial charge >= 0.3 is 5.69 Å². The fourth-order valence-corrected chi connectivity index (χ4v) is 3.07. The second kappa shape index (κ2) is 6.68. The van der Waals surface area contributed by atoms with E-state index in [9.17, 15) is 9.18 Å². The van der Waals surface area contributed by atoms with E-state index in [2.05, 4.69) is 20.9 Å². The lowest BCUT2D eigenvalue weighted by Gasteiger charge is -2.11. The summed E-state index contributed by atoms with van der Waals surface area (Å²) in [5, 5.41) is 0. The zero-order valence-corrected chi connectivity index (χ0v) is 14.8. The summed E-state index contributed by atoms with van der Waals surface area (Å²) in [5.41, 5.74) is 1.14. The van der Waals surface area contributed by atoms with Crippen molar-refractivity contribution >= 4 is 27.0 Å². The summed E-state index contributed by atoms with van der Waals surface area (Å²) in [6.07, 6.45) is 0. The van der Waals surface area contributed by atoms with Crippen molar-refractivity contribution in [3.8, 4) is 11.5 Å². The Balaban J connectivity index is 2.06. The number of rotatable bonds is 5. The third-order valence-corrected chi connectivity index (χ3v) is 4.11. The van der Waals surface area contributed by atoms with E-state index in [0.29, 0.717) is 28.1 Å². The van der Waals surface area contributed by atoms with Gasteiger partial charge in [0.05, 0.1) is 25.8 Å². The van der Waals surface area contributed by atoms with Gasteiger partial charge in [0.25, 0.3) is 0 Å². The van der Waals surface area contributed by atoms with Gasteiger partial charge in [-0.1, -0.05) is 22.0 Å². The molecule has 0 aliphatic rings. The fraction of sp³-hybridized carbons (Fsp3) is 0.235. The number of hydrogen-bond acceptors (Lipinski definition) is 3. The maximum Gasteiger partial charge on any atom is 0.326 e. The van der Waals surface area contributed by atoms with E-state index in [-0.39, 0.29) is 17.8 Å². The van der Waals surface area contributed by atoms with Crippen LogP contribution in [0, 0.1) is 5.82 Å². The molecule has 0 saturated heterocycles. The number of methoxy groups -OCH3 is 1. The normalized spacial score (nSPS) is 11.0. The van der Waals surface area contributed by atoms with Crippen LogP contribution in [-0.4, -0.2) is 23.3 Å². The van der Waals surface area contributed by atoms with Crippen LogP contribution in [0.25, 0.3) is 11.0 Å². The van der Waals surface area contributed by atoms with Gasteiger partial charge in [0.2, 0.25) is 0 Å². The van der Waals surface area contributed by atoms with Crippen LogP contribution in [0.15, 0.2) is 39.6 Å². The van der Waals surface area contributed by atoms with Gasteiger partial charge < -0.3 is 14.5 Å². The first-order valence-corrected chi connectivity index (χ1v) is 8.20. The predicted octanol–water partition coefficient (Wildman–Crippen LogP) is 3.69. The second-order valence-electron chi connectivity index (χ2n) is 5.22. The molecule has 1 heterocycles. The maximum absolute atomic E-state index is 14.3. The molecule has 3 aromatic rings. The highest BCUT2D eigenvalue weighted by Gasteiger charge is 2.14. The number of benzene rings is 2. The molecule has 1 aromatic heterocycles. The van der Waals surface area contributed by atoms with Crippen molar-refractivity contribution in [2.45, 2.75) is 13.5 Å². The predicted molar refractivity (Wildman–Crippen MR) is 93.5 cm³/mol. The molecule has 2 aromatic carbocycles. The molecule has 0 radical (unpaired) electrons. The standard InChI is InChI=1S/C17H16BrFN2O3/c1-3-24-15-6-10(4-5-14(15)23-2)9-21-16-12(19)7-11(18)8-13(16)20-17(21)22/h4-8H,3,9H2,1-2H3,(H,20,22). The molecule has 3 rings (SSSR count). The topological polar surface area (TPSA) is 56.2 Å². The van der Waals surface area contributed by atoms with Gasteiger partial charge in [0.15, 0.2) is 11.5 Å². The Morgan fingerprint density at radius 2 is 2.04 bits per heavy atom. The largest absolute Gasteiger partial charge is 0.493 e. The summed E-state index contributed by atoms with van der Waals surface area (Å²) < 4.78 is 27.0. The number of imidazole rings is 1. The van der Waals surface area contributed by atoms with Gasteiger partial charge in [-0.2, -0.15) is 0 Å². The minimum atomic E-state index is -0.462. The van der Waals surface area contributed by atoms with Crippen molar-refractivity contribution in [2.24, 2.45) is 0 Å². The van der Waals surface area contributed by atoms with Crippen LogP contribution >= 0.6 is 15.9 Å².